The summed E-state index contributed by atoms with van der Waals surface area (Å²) < 4.78 is 4.76. The number of benzene rings is 2. The smallest absolute Gasteiger partial charge is 0.372 e. The topological polar surface area (TPSA) is 12.0 Å². The van der Waals surface area contributed by atoms with Gasteiger partial charge in [-0.05, 0) is 61.4 Å². The van der Waals surface area contributed by atoms with Gasteiger partial charge in [0.2, 0.25) is 0 Å². The molecular formula is C26H35BN3+. The Kier molecular flexibility index (Phi) is 5.52. The van der Waals surface area contributed by atoms with Gasteiger partial charge in [0, 0.05) is 11.2 Å². The minimum atomic E-state index is 0.166. The van der Waals surface area contributed by atoms with Crippen LogP contribution in [-0.4, -0.2) is 18.5 Å². The van der Waals surface area contributed by atoms with E-state index in [0.29, 0.717) is 11.8 Å². The van der Waals surface area contributed by atoms with E-state index in [0.717, 1.165) is 12.8 Å². The molecule has 30 heavy (non-hydrogen) atoms. The minimum absolute atomic E-state index is 0.166. The molecule has 2 aromatic carbocycles. The van der Waals surface area contributed by atoms with Crippen LogP contribution in [0.1, 0.15) is 44.4 Å². The van der Waals surface area contributed by atoms with E-state index in [9.17, 15) is 0 Å². The third kappa shape index (κ3) is 3.47. The van der Waals surface area contributed by atoms with Crippen molar-refractivity contribution in [2.75, 3.05) is 11.9 Å². The first kappa shape index (κ1) is 20.8. The maximum atomic E-state index is 2.48. The van der Waals surface area contributed by atoms with Crippen LogP contribution in [0.2, 0.25) is 0 Å². The van der Waals surface area contributed by atoms with Gasteiger partial charge in [-0.1, -0.05) is 58.0 Å². The van der Waals surface area contributed by atoms with Crippen LogP contribution < -0.4 is 14.8 Å². The molecule has 0 atom stereocenters. The van der Waals surface area contributed by atoms with E-state index in [2.05, 4.69) is 111 Å². The molecule has 4 rings (SSSR count). The summed E-state index contributed by atoms with van der Waals surface area (Å²) in [4.78, 5) is 2.48. The largest absolute Gasteiger partial charge is 0.537 e. The number of hydrogen-bond acceptors (Lipinski definition) is 1. The maximum Gasteiger partial charge on any atom is 0.537 e. The molecule has 3 aromatic rings. The molecule has 1 aromatic heterocycles. The number of anilines is 1. The van der Waals surface area contributed by atoms with Crippen molar-refractivity contribution in [2.24, 2.45) is 18.9 Å². The van der Waals surface area contributed by atoms with Gasteiger partial charge in [-0.3, -0.25) is 4.48 Å². The van der Waals surface area contributed by atoms with Gasteiger partial charge in [0.1, 0.15) is 12.4 Å². The molecule has 0 N–H and O–H groups in total. The molecule has 0 saturated heterocycles. The summed E-state index contributed by atoms with van der Waals surface area (Å²) in [6, 6.07) is 13.6. The standard InChI is InChI=1S/C26H35BN3/c1-18(2)16-21-11-9-12-22(17-19(3)4)25(21)27-29(7)23-13-8-10-20(5)24(23)26-28(6)14-15-30(26)27/h8-15,18-19H,16-17H2,1-7H3/q+1. The van der Waals surface area contributed by atoms with E-state index < -0.39 is 0 Å². The zero-order valence-corrected chi connectivity index (χ0v) is 19.6. The van der Waals surface area contributed by atoms with Crippen LogP contribution in [0.3, 0.4) is 0 Å². The fourth-order valence-corrected chi connectivity index (χ4v) is 5.12. The van der Waals surface area contributed by atoms with Crippen LogP contribution in [-0.2, 0) is 19.9 Å². The lowest BCUT2D eigenvalue weighted by atomic mass is 9.59. The molecule has 0 amide bonds. The molecule has 4 heteroatoms. The molecule has 0 unspecified atom stereocenters. The predicted molar refractivity (Wildman–Crippen MR) is 128 cm³/mol. The molecular weight excluding hydrogens is 365 g/mol. The normalized spacial score (nSPS) is 13.2. The van der Waals surface area contributed by atoms with Crippen LogP contribution in [0.4, 0.5) is 5.69 Å². The first-order valence-corrected chi connectivity index (χ1v) is 11.3. The van der Waals surface area contributed by atoms with Gasteiger partial charge < -0.3 is 4.81 Å². The summed E-state index contributed by atoms with van der Waals surface area (Å²) in [6.07, 6.45) is 6.67. The molecule has 2 heterocycles. The third-order valence-corrected chi connectivity index (χ3v) is 6.32. The van der Waals surface area contributed by atoms with Crippen LogP contribution in [0.25, 0.3) is 11.4 Å². The first-order valence-electron chi connectivity index (χ1n) is 11.3. The fraction of sp³-hybridized carbons (Fsp3) is 0.423. The lowest BCUT2D eigenvalue weighted by Gasteiger charge is -2.33. The van der Waals surface area contributed by atoms with Crippen molar-refractivity contribution in [1.29, 1.82) is 0 Å². The average molecular weight is 400 g/mol. The van der Waals surface area contributed by atoms with Crippen LogP contribution in [0, 0.1) is 18.8 Å². The summed E-state index contributed by atoms with van der Waals surface area (Å²) in [7, 11) is 4.43. The highest BCUT2D eigenvalue weighted by molar-refractivity contribution is 6.77. The first-order chi connectivity index (χ1) is 14.3. The lowest BCUT2D eigenvalue weighted by Crippen LogP contribution is -2.57. The number of imidazole rings is 1. The third-order valence-electron chi connectivity index (χ3n) is 6.32. The number of fused-ring (bicyclic) bond motifs is 3. The molecule has 3 nitrogen and oxygen atoms in total. The molecule has 0 spiro atoms. The zero-order valence-electron chi connectivity index (χ0n) is 19.6. The van der Waals surface area contributed by atoms with Crippen molar-refractivity contribution in [3.05, 3.63) is 65.5 Å². The maximum absolute atomic E-state index is 2.48. The minimum Gasteiger partial charge on any atom is -0.372 e. The van der Waals surface area contributed by atoms with Crippen LogP contribution in [0.15, 0.2) is 48.8 Å². The Morgan fingerprint density at radius 2 is 1.53 bits per heavy atom. The Bertz CT molecular complexity index is 1040. The van der Waals surface area contributed by atoms with Crippen molar-refractivity contribution < 1.29 is 4.57 Å². The highest BCUT2D eigenvalue weighted by Crippen LogP contribution is 2.36. The summed E-state index contributed by atoms with van der Waals surface area (Å²) in [5.74, 6) is 2.55. The van der Waals surface area contributed by atoms with E-state index in [-0.39, 0.29) is 6.98 Å². The number of rotatable bonds is 5. The van der Waals surface area contributed by atoms with Crippen LogP contribution in [0.5, 0.6) is 0 Å². The Labute approximate surface area is 182 Å². The van der Waals surface area contributed by atoms with E-state index in [4.69, 9.17) is 0 Å². The van der Waals surface area contributed by atoms with Crippen LogP contribution >= 0.6 is 0 Å². The Balaban J connectivity index is 1.99. The quantitative estimate of drug-likeness (QED) is 0.457. The van der Waals surface area contributed by atoms with E-state index in [1.807, 2.05) is 0 Å². The summed E-state index contributed by atoms with van der Waals surface area (Å²) >= 11 is 0. The Hall–Kier alpha value is -2.49. The van der Waals surface area contributed by atoms with E-state index in [1.54, 1.807) is 0 Å². The Morgan fingerprint density at radius 3 is 2.13 bits per heavy atom. The van der Waals surface area contributed by atoms with Crippen molar-refractivity contribution in [3.8, 4) is 11.4 Å². The average Bonchev–Trinajstić information content (AvgIpc) is 3.04. The highest BCUT2D eigenvalue weighted by atomic mass is 15.2. The van der Waals surface area contributed by atoms with Crippen molar-refractivity contribution in [2.45, 2.75) is 47.5 Å². The van der Waals surface area contributed by atoms with E-state index in [1.165, 1.54) is 39.2 Å². The molecule has 0 saturated carbocycles. The van der Waals surface area contributed by atoms with Crippen molar-refractivity contribution in [3.63, 3.8) is 0 Å². The number of nitrogens with zero attached hydrogens (tertiary/aromatic N) is 3. The number of hydrogen-bond donors (Lipinski definition) is 0. The summed E-state index contributed by atoms with van der Waals surface area (Å²) in [6.45, 7) is 11.7. The fourth-order valence-electron chi connectivity index (χ4n) is 5.12. The number of aromatic nitrogens is 2. The monoisotopic (exact) mass is 400 g/mol. The van der Waals surface area contributed by atoms with Crippen molar-refractivity contribution in [1.82, 2.24) is 4.48 Å². The number of aryl methyl sites for hydroxylation is 2. The summed E-state index contributed by atoms with van der Waals surface area (Å²) in [5, 5.41) is 0. The second kappa shape index (κ2) is 7.98. The second-order valence-electron chi connectivity index (χ2n) is 9.78. The van der Waals surface area contributed by atoms with Gasteiger partial charge in [-0.15, -0.1) is 0 Å². The molecule has 0 radical (unpaired) electrons. The lowest BCUT2D eigenvalue weighted by molar-refractivity contribution is -0.659. The Morgan fingerprint density at radius 1 is 0.933 bits per heavy atom. The zero-order chi connectivity index (χ0) is 21.6. The predicted octanol–water partition coefficient (Wildman–Crippen LogP) is 4.38. The highest BCUT2D eigenvalue weighted by Gasteiger charge is 2.45. The molecule has 156 valence electrons. The van der Waals surface area contributed by atoms with Gasteiger partial charge >= 0.3 is 6.98 Å². The van der Waals surface area contributed by atoms with Gasteiger partial charge in [-0.2, -0.15) is 0 Å². The van der Waals surface area contributed by atoms with E-state index >= 15 is 0 Å². The van der Waals surface area contributed by atoms with Gasteiger partial charge in [0.15, 0.2) is 0 Å². The summed E-state index contributed by atoms with van der Waals surface area (Å²) in [5.41, 5.74) is 8.45. The molecule has 1 aliphatic rings. The molecule has 1 aliphatic heterocycles. The molecule has 0 fully saturated rings. The van der Waals surface area contributed by atoms with Crippen molar-refractivity contribution >= 4 is 18.1 Å². The second-order valence-corrected chi connectivity index (χ2v) is 9.78. The SMILES string of the molecule is Cc1cccc2c1-c1n(cc[n+]1C)B(c1c(CC(C)C)cccc1CC(C)C)N2C. The van der Waals surface area contributed by atoms with Gasteiger partial charge in [0.25, 0.3) is 5.82 Å². The molecule has 0 bridgehead atoms. The van der Waals surface area contributed by atoms with Gasteiger partial charge in [-0.25, -0.2) is 4.57 Å². The molecule has 0 aliphatic carbocycles. The van der Waals surface area contributed by atoms with Gasteiger partial charge in [0.05, 0.1) is 12.6 Å².